The van der Waals surface area contributed by atoms with E-state index in [-0.39, 0.29) is 36.5 Å². The second-order valence-electron chi connectivity index (χ2n) is 5.73. The second kappa shape index (κ2) is 9.74. The van der Waals surface area contributed by atoms with Crippen LogP contribution >= 0.6 is 12.4 Å². The van der Waals surface area contributed by atoms with Crippen molar-refractivity contribution in [1.29, 1.82) is 0 Å². The molecule has 1 fully saturated rings. The van der Waals surface area contributed by atoms with E-state index < -0.39 is 24.1 Å². The molecule has 1 saturated carbocycles. The van der Waals surface area contributed by atoms with Crippen LogP contribution in [0.15, 0.2) is 18.2 Å². The van der Waals surface area contributed by atoms with Gasteiger partial charge in [-0.05, 0) is 30.9 Å². The minimum Gasteiger partial charge on any atom is -0.434 e. The Morgan fingerprint density at radius 3 is 2.54 bits per heavy atom. The normalized spacial score (nSPS) is 16.4. The molecule has 136 valence electrons. The van der Waals surface area contributed by atoms with E-state index >= 15 is 0 Å². The summed E-state index contributed by atoms with van der Waals surface area (Å²) in [6.07, 6.45) is 5.31. The van der Waals surface area contributed by atoms with Crippen LogP contribution in [0.4, 0.5) is 13.2 Å². The first-order valence-corrected chi connectivity index (χ1v) is 7.76. The summed E-state index contributed by atoms with van der Waals surface area (Å²) >= 11 is 0. The summed E-state index contributed by atoms with van der Waals surface area (Å²) in [6, 6.07) is 2.72. The number of hydrogen-bond acceptors (Lipinski definition) is 3. The highest BCUT2D eigenvalue weighted by molar-refractivity contribution is 5.97. The van der Waals surface area contributed by atoms with Crippen LogP contribution in [0, 0.1) is 11.7 Å². The lowest BCUT2D eigenvalue weighted by atomic mass is 9.84. The second-order valence-corrected chi connectivity index (χ2v) is 5.73. The highest BCUT2D eigenvalue weighted by Crippen LogP contribution is 2.27. The highest BCUT2D eigenvalue weighted by atomic mass is 35.5. The van der Waals surface area contributed by atoms with E-state index in [9.17, 15) is 18.0 Å². The Morgan fingerprint density at radius 2 is 1.96 bits per heavy atom. The van der Waals surface area contributed by atoms with E-state index in [0.717, 1.165) is 43.9 Å². The van der Waals surface area contributed by atoms with Crippen molar-refractivity contribution in [3.8, 4) is 5.75 Å². The fourth-order valence-corrected chi connectivity index (χ4v) is 3.03. The van der Waals surface area contributed by atoms with Gasteiger partial charge in [0.05, 0.1) is 5.56 Å². The zero-order chi connectivity index (χ0) is 16.8. The number of nitrogens with one attached hydrogen (secondary N) is 1. The molecular formula is C16H22ClF3N2O2. The molecule has 24 heavy (non-hydrogen) atoms. The number of carbonyl (C=O) groups is 1. The van der Waals surface area contributed by atoms with Crippen LogP contribution in [0.2, 0.25) is 0 Å². The van der Waals surface area contributed by atoms with Crippen molar-refractivity contribution in [1.82, 2.24) is 5.32 Å². The van der Waals surface area contributed by atoms with Crippen molar-refractivity contribution in [2.45, 2.75) is 44.8 Å². The predicted octanol–water partition coefficient (Wildman–Crippen LogP) is 3.49. The maximum absolute atomic E-state index is 13.2. The largest absolute Gasteiger partial charge is 0.434 e. The van der Waals surface area contributed by atoms with Crippen molar-refractivity contribution in [2.75, 3.05) is 6.54 Å². The number of halogens is 4. The molecule has 1 aromatic carbocycles. The third-order valence-corrected chi connectivity index (χ3v) is 4.19. The summed E-state index contributed by atoms with van der Waals surface area (Å²) in [5.74, 6) is -1.53. The van der Waals surface area contributed by atoms with Crippen molar-refractivity contribution >= 4 is 18.3 Å². The fraction of sp³-hybridized carbons (Fsp3) is 0.562. The van der Waals surface area contributed by atoms with E-state index in [1.807, 2.05) is 0 Å². The summed E-state index contributed by atoms with van der Waals surface area (Å²) < 4.78 is 42.3. The minimum absolute atomic E-state index is 0. The summed E-state index contributed by atoms with van der Waals surface area (Å²) in [5.41, 5.74) is 5.62. The number of rotatable bonds is 6. The number of nitrogens with two attached hydrogens (primary N) is 1. The number of benzene rings is 1. The van der Waals surface area contributed by atoms with Crippen LogP contribution in [0.5, 0.6) is 5.75 Å². The third-order valence-electron chi connectivity index (χ3n) is 4.19. The van der Waals surface area contributed by atoms with Crippen molar-refractivity contribution < 1.29 is 22.7 Å². The maximum atomic E-state index is 13.2. The molecule has 1 aliphatic carbocycles. The molecule has 0 radical (unpaired) electrons. The molecule has 1 unspecified atom stereocenters. The Morgan fingerprint density at radius 1 is 1.29 bits per heavy atom. The lowest BCUT2D eigenvalue weighted by Crippen LogP contribution is -2.46. The van der Waals surface area contributed by atoms with Gasteiger partial charge in [-0.3, -0.25) is 4.79 Å². The van der Waals surface area contributed by atoms with Crippen molar-refractivity contribution in [2.24, 2.45) is 11.7 Å². The van der Waals surface area contributed by atoms with Crippen LogP contribution in [0.25, 0.3) is 0 Å². The van der Waals surface area contributed by atoms with Gasteiger partial charge in [0.1, 0.15) is 11.6 Å². The Kier molecular flexibility index (Phi) is 8.35. The Labute approximate surface area is 145 Å². The summed E-state index contributed by atoms with van der Waals surface area (Å²) in [7, 11) is 0. The summed E-state index contributed by atoms with van der Waals surface area (Å²) in [6.45, 7) is -2.87. The molecule has 1 amide bonds. The van der Waals surface area contributed by atoms with Gasteiger partial charge in [0.25, 0.3) is 5.91 Å². The highest BCUT2D eigenvalue weighted by Gasteiger charge is 2.26. The zero-order valence-electron chi connectivity index (χ0n) is 13.1. The number of amides is 1. The SMILES string of the molecule is Cl.NCC(NC(=O)c1ccc(F)cc1OC(F)F)C1CCCCC1. The van der Waals surface area contributed by atoms with Crippen LogP contribution in [0.3, 0.4) is 0 Å². The summed E-state index contributed by atoms with van der Waals surface area (Å²) in [4.78, 5) is 12.4. The quantitative estimate of drug-likeness (QED) is 0.810. The van der Waals surface area contributed by atoms with Crippen molar-refractivity contribution in [3.63, 3.8) is 0 Å². The van der Waals surface area contributed by atoms with E-state index in [1.165, 1.54) is 6.42 Å². The third kappa shape index (κ3) is 5.56. The van der Waals surface area contributed by atoms with Crippen LogP contribution in [-0.4, -0.2) is 25.1 Å². The Bertz CT molecular complexity index is 540. The van der Waals surface area contributed by atoms with Gasteiger partial charge in [-0.1, -0.05) is 19.3 Å². The molecule has 1 atom stereocenters. The average molecular weight is 367 g/mol. The number of carbonyl (C=O) groups excluding carboxylic acids is 1. The number of alkyl halides is 2. The van der Waals surface area contributed by atoms with E-state index in [4.69, 9.17) is 5.73 Å². The van der Waals surface area contributed by atoms with Crippen molar-refractivity contribution in [3.05, 3.63) is 29.6 Å². The lowest BCUT2D eigenvalue weighted by molar-refractivity contribution is -0.0503. The molecule has 8 heteroatoms. The molecule has 3 N–H and O–H groups in total. The van der Waals surface area contributed by atoms with Gasteiger partial charge in [-0.25, -0.2) is 4.39 Å². The first-order chi connectivity index (χ1) is 11.0. The van der Waals surface area contributed by atoms with Gasteiger partial charge < -0.3 is 15.8 Å². The predicted molar refractivity (Wildman–Crippen MR) is 87.2 cm³/mol. The van der Waals surface area contributed by atoms with Gasteiger partial charge >= 0.3 is 6.61 Å². The Balaban J connectivity index is 0.00000288. The number of hydrogen-bond donors (Lipinski definition) is 2. The van der Waals surface area contributed by atoms with Gasteiger partial charge in [0.2, 0.25) is 0 Å². The van der Waals surface area contributed by atoms with Crippen LogP contribution in [-0.2, 0) is 0 Å². The molecule has 0 heterocycles. The molecule has 0 aromatic heterocycles. The topological polar surface area (TPSA) is 64.3 Å². The maximum Gasteiger partial charge on any atom is 0.387 e. The van der Waals surface area contributed by atoms with Gasteiger partial charge in [0.15, 0.2) is 0 Å². The van der Waals surface area contributed by atoms with E-state index in [0.29, 0.717) is 0 Å². The molecule has 1 aliphatic rings. The average Bonchev–Trinajstić information content (AvgIpc) is 2.52. The lowest BCUT2D eigenvalue weighted by Gasteiger charge is -2.30. The van der Waals surface area contributed by atoms with Gasteiger partial charge in [0, 0.05) is 18.7 Å². The fourth-order valence-electron chi connectivity index (χ4n) is 3.03. The van der Waals surface area contributed by atoms with E-state index in [1.54, 1.807) is 0 Å². The first-order valence-electron chi connectivity index (χ1n) is 7.76. The Hall–Kier alpha value is -1.47. The number of ether oxygens (including phenoxy) is 1. The minimum atomic E-state index is -3.13. The molecular weight excluding hydrogens is 345 g/mol. The van der Waals surface area contributed by atoms with Crippen LogP contribution in [0.1, 0.15) is 42.5 Å². The van der Waals surface area contributed by atoms with E-state index in [2.05, 4.69) is 10.1 Å². The molecule has 2 rings (SSSR count). The molecule has 4 nitrogen and oxygen atoms in total. The monoisotopic (exact) mass is 366 g/mol. The molecule has 0 spiro atoms. The van der Waals surface area contributed by atoms with Crippen LogP contribution < -0.4 is 15.8 Å². The smallest absolute Gasteiger partial charge is 0.387 e. The molecule has 0 bridgehead atoms. The molecule has 0 saturated heterocycles. The van der Waals surface area contributed by atoms with Gasteiger partial charge in [-0.15, -0.1) is 12.4 Å². The molecule has 1 aromatic rings. The molecule has 0 aliphatic heterocycles. The summed E-state index contributed by atoms with van der Waals surface area (Å²) in [5, 5.41) is 2.77. The first kappa shape index (κ1) is 20.6. The zero-order valence-corrected chi connectivity index (χ0v) is 14.0. The van der Waals surface area contributed by atoms with Gasteiger partial charge in [-0.2, -0.15) is 8.78 Å². The standard InChI is InChI=1S/C16H21F3N2O2.ClH/c17-11-6-7-12(14(8-11)23-16(18)19)15(22)21-13(9-20)10-4-2-1-3-5-10;/h6-8,10,13,16H,1-5,9,20H2,(H,21,22);1H.